The van der Waals surface area contributed by atoms with Crippen molar-refractivity contribution in [1.82, 2.24) is 9.88 Å². The molecule has 7 nitrogen and oxygen atoms in total. The van der Waals surface area contributed by atoms with Gasteiger partial charge in [-0.15, -0.1) is 0 Å². The molecule has 0 atom stereocenters. The fourth-order valence-electron chi connectivity index (χ4n) is 3.66. The van der Waals surface area contributed by atoms with Crippen molar-refractivity contribution >= 4 is 29.6 Å². The molecule has 2 heterocycles. The molecule has 0 saturated carbocycles. The predicted molar refractivity (Wildman–Crippen MR) is 121 cm³/mol. The Morgan fingerprint density at radius 3 is 2.36 bits per heavy atom. The van der Waals surface area contributed by atoms with Crippen LogP contribution in [0.25, 0.3) is 6.08 Å². The summed E-state index contributed by atoms with van der Waals surface area (Å²) in [4.78, 5) is 38.5. The number of barbiturate groups is 1. The summed E-state index contributed by atoms with van der Waals surface area (Å²) in [7, 11) is 0. The van der Waals surface area contributed by atoms with Crippen molar-refractivity contribution in [3.63, 3.8) is 0 Å². The minimum atomic E-state index is -0.883. The number of nitrogens with one attached hydrogen (secondary N) is 1. The van der Waals surface area contributed by atoms with Gasteiger partial charge in [0.25, 0.3) is 11.8 Å². The van der Waals surface area contributed by atoms with Gasteiger partial charge in [0.05, 0.1) is 12.2 Å². The quantitative estimate of drug-likeness (QED) is 0.458. The molecule has 0 bridgehead atoms. The van der Waals surface area contributed by atoms with Gasteiger partial charge in [0.1, 0.15) is 23.7 Å². The van der Waals surface area contributed by atoms with Crippen molar-refractivity contribution < 1.29 is 23.5 Å². The zero-order valence-corrected chi connectivity index (χ0v) is 18.2. The number of rotatable bonds is 6. The second kappa shape index (κ2) is 9.12. The Hall–Kier alpha value is -4.20. The Kier molecular flexibility index (Phi) is 6.08. The summed E-state index contributed by atoms with van der Waals surface area (Å²) in [6.07, 6.45) is 3.24. The van der Waals surface area contributed by atoms with Crippen LogP contribution in [0.1, 0.15) is 16.8 Å². The van der Waals surface area contributed by atoms with E-state index in [-0.39, 0.29) is 11.3 Å². The molecule has 2 aromatic carbocycles. The molecule has 1 aliphatic rings. The van der Waals surface area contributed by atoms with Gasteiger partial charge in [0.15, 0.2) is 0 Å². The van der Waals surface area contributed by atoms with E-state index >= 15 is 0 Å². The van der Waals surface area contributed by atoms with E-state index in [0.717, 1.165) is 33.9 Å². The number of nitrogens with zero attached hydrogens (tertiary/aromatic N) is 2. The number of aryl methyl sites for hydroxylation is 2. The zero-order valence-electron chi connectivity index (χ0n) is 18.2. The SMILES string of the molecule is Cc1cccc(C)c1OCCn1cccc1/C=C1/C(=O)NC(=O)N(c2ccc(F)cc2)C1=O. The maximum atomic E-state index is 13.3. The van der Waals surface area contributed by atoms with Crippen LogP contribution in [0.4, 0.5) is 14.9 Å². The number of halogens is 1. The van der Waals surface area contributed by atoms with Crippen molar-refractivity contribution in [2.45, 2.75) is 20.4 Å². The molecule has 0 unspecified atom stereocenters. The number of aromatic nitrogens is 1. The maximum absolute atomic E-state index is 13.3. The van der Waals surface area contributed by atoms with Crippen molar-refractivity contribution in [3.8, 4) is 5.75 Å². The molecule has 0 spiro atoms. The van der Waals surface area contributed by atoms with Crippen LogP contribution in [0.3, 0.4) is 0 Å². The Balaban J connectivity index is 1.54. The fourth-order valence-corrected chi connectivity index (χ4v) is 3.66. The Morgan fingerprint density at radius 2 is 1.67 bits per heavy atom. The summed E-state index contributed by atoms with van der Waals surface area (Å²) in [5.41, 5.74) is 2.65. The summed E-state index contributed by atoms with van der Waals surface area (Å²) >= 11 is 0. The lowest BCUT2D eigenvalue weighted by Crippen LogP contribution is -2.54. The summed E-state index contributed by atoms with van der Waals surface area (Å²) in [6.45, 7) is 4.83. The number of carbonyl (C=O) groups is 3. The second-order valence-corrected chi connectivity index (χ2v) is 7.63. The lowest BCUT2D eigenvalue weighted by Gasteiger charge is -2.26. The van der Waals surface area contributed by atoms with E-state index < -0.39 is 23.7 Å². The molecule has 1 saturated heterocycles. The molecule has 3 aromatic rings. The lowest BCUT2D eigenvalue weighted by molar-refractivity contribution is -0.122. The highest BCUT2D eigenvalue weighted by Crippen LogP contribution is 2.24. The van der Waals surface area contributed by atoms with Crippen molar-refractivity contribution in [2.24, 2.45) is 0 Å². The highest BCUT2D eigenvalue weighted by atomic mass is 19.1. The highest BCUT2D eigenvalue weighted by molar-refractivity contribution is 6.39. The van der Waals surface area contributed by atoms with Gasteiger partial charge in [-0.2, -0.15) is 0 Å². The largest absolute Gasteiger partial charge is 0.491 e. The van der Waals surface area contributed by atoms with Crippen LogP contribution in [0.15, 0.2) is 66.4 Å². The average molecular weight is 447 g/mol. The first-order valence-electron chi connectivity index (χ1n) is 10.4. The summed E-state index contributed by atoms with van der Waals surface area (Å²) < 4.78 is 21.1. The number of hydrogen-bond donors (Lipinski definition) is 1. The molecule has 4 amide bonds. The monoisotopic (exact) mass is 447 g/mol. The van der Waals surface area contributed by atoms with E-state index in [1.807, 2.05) is 42.8 Å². The normalized spacial score (nSPS) is 15.2. The summed E-state index contributed by atoms with van der Waals surface area (Å²) in [5, 5.41) is 2.16. The summed E-state index contributed by atoms with van der Waals surface area (Å²) in [6, 6.07) is 13.5. The number of imide groups is 2. The second-order valence-electron chi connectivity index (χ2n) is 7.63. The third kappa shape index (κ3) is 4.55. The van der Waals surface area contributed by atoms with E-state index in [4.69, 9.17) is 4.74 Å². The molecule has 1 fully saturated rings. The molecule has 168 valence electrons. The standard InChI is InChI=1S/C25H22FN3O4/c1-16-5-3-6-17(2)22(16)33-14-13-28-12-4-7-20(28)15-21-23(30)27-25(32)29(24(21)31)19-10-8-18(26)9-11-19/h3-12,15H,13-14H2,1-2H3,(H,27,30,32)/b21-15-. The highest BCUT2D eigenvalue weighted by Gasteiger charge is 2.37. The predicted octanol–water partition coefficient (Wildman–Crippen LogP) is 3.99. The van der Waals surface area contributed by atoms with E-state index in [9.17, 15) is 18.8 Å². The molecule has 1 aliphatic heterocycles. The number of hydrogen-bond acceptors (Lipinski definition) is 4. The van der Waals surface area contributed by atoms with E-state index in [0.29, 0.717) is 18.8 Å². The number of para-hydroxylation sites is 1. The van der Waals surface area contributed by atoms with Gasteiger partial charge in [-0.25, -0.2) is 14.1 Å². The first-order chi connectivity index (χ1) is 15.8. The maximum Gasteiger partial charge on any atom is 0.335 e. The number of anilines is 1. The first-order valence-corrected chi connectivity index (χ1v) is 10.4. The average Bonchev–Trinajstić information content (AvgIpc) is 3.21. The van der Waals surface area contributed by atoms with Gasteiger partial charge < -0.3 is 9.30 Å². The molecular weight excluding hydrogens is 425 g/mol. The van der Waals surface area contributed by atoms with E-state index in [1.165, 1.54) is 18.2 Å². The first kappa shape index (κ1) is 22.0. The molecule has 0 radical (unpaired) electrons. The van der Waals surface area contributed by atoms with Crippen LogP contribution in [0.2, 0.25) is 0 Å². The topological polar surface area (TPSA) is 80.6 Å². The van der Waals surface area contributed by atoms with Crippen molar-refractivity contribution in [3.05, 3.63) is 89.0 Å². The number of benzene rings is 2. The van der Waals surface area contributed by atoms with E-state index in [1.54, 1.807) is 12.1 Å². The van der Waals surface area contributed by atoms with Gasteiger partial charge in [0.2, 0.25) is 0 Å². The molecular formula is C25H22FN3O4. The van der Waals surface area contributed by atoms with Crippen LogP contribution in [0, 0.1) is 19.7 Å². The van der Waals surface area contributed by atoms with Crippen LogP contribution < -0.4 is 15.0 Å². The molecule has 33 heavy (non-hydrogen) atoms. The number of carbonyl (C=O) groups excluding carboxylic acids is 3. The number of amides is 4. The molecule has 4 rings (SSSR count). The van der Waals surface area contributed by atoms with Gasteiger partial charge in [-0.05, 0) is 67.4 Å². The van der Waals surface area contributed by atoms with Gasteiger partial charge in [-0.1, -0.05) is 18.2 Å². The third-order valence-corrected chi connectivity index (χ3v) is 5.33. The van der Waals surface area contributed by atoms with Crippen LogP contribution in [-0.2, 0) is 16.1 Å². The number of urea groups is 1. The summed E-state index contributed by atoms with van der Waals surface area (Å²) in [5.74, 6) is -1.24. The van der Waals surface area contributed by atoms with E-state index in [2.05, 4.69) is 5.32 Å². The van der Waals surface area contributed by atoms with Gasteiger partial charge >= 0.3 is 6.03 Å². The van der Waals surface area contributed by atoms with Crippen LogP contribution in [-0.4, -0.2) is 29.0 Å². The number of ether oxygens (including phenoxy) is 1. The Morgan fingerprint density at radius 1 is 0.970 bits per heavy atom. The zero-order chi connectivity index (χ0) is 23.5. The third-order valence-electron chi connectivity index (χ3n) is 5.33. The molecule has 0 aliphatic carbocycles. The fraction of sp³-hybridized carbons (Fsp3) is 0.160. The lowest BCUT2D eigenvalue weighted by atomic mass is 10.1. The minimum Gasteiger partial charge on any atom is -0.491 e. The molecule has 8 heteroatoms. The smallest absolute Gasteiger partial charge is 0.335 e. The van der Waals surface area contributed by atoms with Crippen LogP contribution >= 0.6 is 0 Å². The Labute approximate surface area is 190 Å². The molecule has 1 aromatic heterocycles. The minimum absolute atomic E-state index is 0.162. The van der Waals surface area contributed by atoms with Gasteiger partial charge in [0, 0.05) is 11.9 Å². The van der Waals surface area contributed by atoms with Crippen molar-refractivity contribution in [1.29, 1.82) is 0 Å². The Bertz CT molecular complexity index is 1240. The van der Waals surface area contributed by atoms with Gasteiger partial charge in [-0.3, -0.25) is 14.9 Å². The van der Waals surface area contributed by atoms with Crippen LogP contribution in [0.5, 0.6) is 5.75 Å². The molecule has 1 N–H and O–H groups in total. The van der Waals surface area contributed by atoms with Crippen molar-refractivity contribution in [2.75, 3.05) is 11.5 Å².